The highest BCUT2D eigenvalue weighted by Gasteiger charge is 2.30. The van der Waals surface area contributed by atoms with E-state index in [0.29, 0.717) is 5.13 Å². The standard InChI is InChI=1S/C14H12N4O3S/c19-11(7-18-12(20)1-2-13(18)21)17-14-16-10(8-22-14)9-3-5-15-6-4-9/h3-6,8H,1-2,7H2,(H,16,17,19). The molecule has 112 valence electrons. The van der Waals surface area contributed by atoms with Crippen molar-refractivity contribution in [1.82, 2.24) is 14.9 Å². The van der Waals surface area contributed by atoms with E-state index in [9.17, 15) is 14.4 Å². The number of pyridine rings is 1. The fraction of sp³-hybridized carbons (Fsp3) is 0.214. The maximum Gasteiger partial charge on any atom is 0.246 e. The molecule has 0 bridgehead atoms. The average molecular weight is 316 g/mol. The summed E-state index contributed by atoms with van der Waals surface area (Å²) in [7, 11) is 0. The maximum absolute atomic E-state index is 11.9. The number of hydrogen-bond acceptors (Lipinski definition) is 6. The Labute approximate surface area is 130 Å². The summed E-state index contributed by atoms with van der Waals surface area (Å²) >= 11 is 1.28. The zero-order valence-corrected chi connectivity index (χ0v) is 12.3. The van der Waals surface area contributed by atoms with E-state index < -0.39 is 5.91 Å². The summed E-state index contributed by atoms with van der Waals surface area (Å²) in [4.78, 5) is 44.1. The second kappa shape index (κ2) is 6.02. The Morgan fingerprint density at radius 1 is 1.23 bits per heavy atom. The minimum absolute atomic E-state index is 0.176. The average Bonchev–Trinajstić information content (AvgIpc) is 3.10. The Balaban J connectivity index is 1.64. The first-order chi connectivity index (χ1) is 10.6. The van der Waals surface area contributed by atoms with Crippen LogP contribution in [0.25, 0.3) is 11.3 Å². The normalized spacial score (nSPS) is 14.5. The fourth-order valence-corrected chi connectivity index (χ4v) is 2.82. The summed E-state index contributed by atoms with van der Waals surface area (Å²) in [5.74, 6) is -1.05. The molecule has 0 saturated carbocycles. The molecule has 1 aliphatic rings. The lowest BCUT2D eigenvalue weighted by atomic mass is 10.2. The van der Waals surface area contributed by atoms with E-state index >= 15 is 0 Å². The molecule has 2 aromatic rings. The van der Waals surface area contributed by atoms with E-state index in [1.165, 1.54) is 11.3 Å². The van der Waals surface area contributed by atoms with Crippen molar-refractivity contribution in [3.05, 3.63) is 29.9 Å². The molecular formula is C14H12N4O3S. The molecule has 22 heavy (non-hydrogen) atoms. The molecule has 1 saturated heterocycles. The zero-order valence-electron chi connectivity index (χ0n) is 11.5. The second-order valence-electron chi connectivity index (χ2n) is 4.70. The van der Waals surface area contributed by atoms with E-state index in [0.717, 1.165) is 16.2 Å². The van der Waals surface area contributed by atoms with Gasteiger partial charge in [0.15, 0.2) is 5.13 Å². The number of imide groups is 1. The van der Waals surface area contributed by atoms with Crippen LogP contribution >= 0.6 is 11.3 Å². The zero-order chi connectivity index (χ0) is 15.5. The van der Waals surface area contributed by atoms with Crippen LogP contribution < -0.4 is 5.32 Å². The third-order valence-corrected chi connectivity index (χ3v) is 3.94. The number of aromatic nitrogens is 2. The van der Waals surface area contributed by atoms with Crippen LogP contribution in [0.1, 0.15) is 12.8 Å². The second-order valence-corrected chi connectivity index (χ2v) is 5.55. The predicted molar refractivity (Wildman–Crippen MR) is 79.9 cm³/mol. The first kappa shape index (κ1) is 14.3. The molecular weight excluding hydrogens is 304 g/mol. The number of carbonyl (C=O) groups excluding carboxylic acids is 3. The van der Waals surface area contributed by atoms with Gasteiger partial charge in [-0.2, -0.15) is 0 Å². The van der Waals surface area contributed by atoms with Gasteiger partial charge in [0.1, 0.15) is 6.54 Å². The van der Waals surface area contributed by atoms with E-state index in [-0.39, 0.29) is 31.2 Å². The molecule has 0 atom stereocenters. The van der Waals surface area contributed by atoms with Crippen LogP contribution in [0.5, 0.6) is 0 Å². The van der Waals surface area contributed by atoms with Crippen LogP contribution in [-0.2, 0) is 14.4 Å². The van der Waals surface area contributed by atoms with E-state index in [4.69, 9.17) is 0 Å². The van der Waals surface area contributed by atoms with Crippen molar-refractivity contribution in [3.8, 4) is 11.3 Å². The summed E-state index contributed by atoms with van der Waals surface area (Å²) in [5.41, 5.74) is 1.63. The number of rotatable bonds is 4. The Kier molecular flexibility index (Phi) is 3.92. The molecule has 0 unspecified atom stereocenters. The topological polar surface area (TPSA) is 92.3 Å². The van der Waals surface area contributed by atoms with Crippen LogP contribution in [0.15, 0.2) is 29.9 Å². The number of likely N-dealkylation sites (tertiary alicyclic amines) is 1. The Hall–Kier alpha value is -2.61. The summed E-state index contributed by atoms with van der Waals surface area (Å²) in [6.45, 7) is -0.262. The van der Waals surface area contributed by atoms with Gasteiger partial charge in [0.2, 0.25) is 17.7 Å². The van der Waals surface area contributed by atoms with Crippen LogP contribution in [0.2, 0.25) is 0 Å². The molecule has 3 heterocycles. The van der Waals surface area contributed by atoms with Gasteiger partial charge < -0.3 is 5.32 Å². The molecule has 1 fully saturated rings. The van der Waals surface area contributed by atoms with Gasteiger partial charge in [-0.1, -0.05) is 0 Å². The van der Waals surface area contributed by atoms with Crippen molar-refractivity contribution < 1.29 is 14.4 Å². The smallest absolute Gasteiger partial charge is 0.246 e. The quantitative estimate of drug-likeness (QED) is 0.858. The molecule has 0 radical (unpaired) electrons. The van der Waals surface area contributed by atoms with Crippen LogP contribution in [-0.4, -0.2) is 39.1 Å². The SMILES string of the molecule is O=C(CN1C(=O)CCC1=O)Nc1nc(-c2ccncc2)cs1. The lowest BCUT2D eigenvalue weighted by Gasteiger charge is -2.12. The van der Waals surface area contributed by atoms with Gasteiger partial charge in [-0.3, -0.25) is 24.3 Å². The fourth-order valence-electron chi connectivity index (χ4n) is 2.09. The third-order valence-electron chi connectivity index (χ3n) is 3.18. The maximum atomic E-state index is 11.9. The van der Waals surface area contributed by atoms with Gasteiger partial charge >= 0.3 is 0 Å². The Bertz CT molecular complexity index is 713. The number of hydrogen-bond donors (Lipinski definition) is 1. The molecule has 2 aromatic heterocycles. The molecule has 0 spiro atoms. The Morgan fingerprint density at radius 2 is 1.91 bits per heavy atom. The van der Waals surface area contributed by atoms with Gasteiger partial charge in [0.25, 0.3) is 0 Å². The minimum Gasteiger partial charge on any atom is -0.300 e. The highest BCUT2D eigenvalue weighted by atomic mass is 32.1. The predicted octanol–water partition coefficient (Wildman–Crippen LogP) is 1.29. The number of nitrogens with zero attached hydrogens (tertiary/aromatic N) is 3. The van der Waals surface area contributed by atoms with Gasteiger partial charge in [0, 0.05) is 36.2 Å². The van der Waals surface area contributed by atoms with Gasteiger partial charge in [-0.05, 0) is 12.1 Å². The van der Waals surface area contributed by atoms with Crippen molar-refractivity contribution in [2.75, 3.05) is 11.9 Å². The largest absolute Gasteiger partial charge is 0.300 e. The lowest BCUT2D eigenvalue weighted by Crippen LogP contribution is -2.36. The third kappa shape index (κ3) is 3.01. The molecule has 7 nitrogen and oxygen atoms in total. The van der Waals surface area contributed by atoms with E-state index in [1.807, 2.05) is 17.5 Å². The number of thiazole rings is 1. The molecule has 3 rings (SSSR count). The van der Waals surface area contributed by atoms with Gasteiger partial charge in [-0.25, -0.2) is 4.98 Å². The summed E-state index contributed by atoms with van der Waals surface area (Å²) in [6, 6.07) is 3.64. The first-order valence-corrected chi connectivity index (χ1v) is 7.50. The van der Waals surface area contributed by atoms with Gasteiger partial charge in [-0.15, -0.1) is 11.3 Å². The molecule has 3 amide bonds. The molecule has 0 aliphatic carbocycles. The summed E-state index contributed by atoms with van der Waals surface area (Å²) < 4.78 is 0. The molecule has 1 aliphatic heterocycles. The monoisotopic (exact) mass is 316 g/mol. The van der Waals surface area contributed by atoms with Crippen LogP contribution in [0, 0.1) is 0 Å². The van der Waals surface area contributed by atoms with Crippen LogP contribution in [0.4, 0.5) is 5.13 Å². The number of anilines is 1. The molecule has 1 N–H and O–H groups in total. The summed E-state index contributed by atoms with van der Waals surface area (Å²) in [6.07, 6.45) is 3.68. The highest BCUT2D eigenvalue weighted by molar-refractivity contribution is 7.14. The van der Waals surface area contributed by atoms with E-state index in [1.54, 1.807) is 12.4 Å². The highest BCUT2D eigenvalue weighted by Crippen LogP contribution is 2.24. The van der Waals surface area contributed by atoms with Crippen molar-refractivity contribution in [2.24, 2.45) is 0 Å². The first-order valence-electron chi connectivity index (χ1n) is 6.62. The van der Waals surface area contributed by atoms with Gasteiger partial charge in [0.05, 0.1) is 5.69 Å². The summed E-state index contributed by atoms with van der Waals surface area (Å²) in [5, 5.41) is 4.85. The number of nitrogens with one attached hydrogen (secondary N) is 1. The van der Waals surface area contributed by atoms with E-state index in [2.05, 4.69) is 15.3 Å². The van der Waals surface area contributed by atoms with Crippen molar-refractivity contribution in [2.45, 2.75) is 12.8 Å². The number of amides is 3. The molecule has 0 aromatic carbocycles. The number of carbonyl (C=O) groups is 3. The van der Waals surface area contributed by atoms with Crippen LogP contribution in [0.3, 0.4) is 0 Å². The Morgan fingerprint density at radius 3 is 2.59 bits per heavy atom. The minimum atomic E-state index is -0.431. The lowest BCUT2D eigenvalue weighted by molar-refractivity contribution is -0.141. The van der Waals surface area contributed by atoms with Crippen molar-refractivity contribution in [1.29, 1.82) is 0 Å². The van der Waals surface area contributed by atoms with Crippen molar-refractivity contribution in [3.63, 3.8) is 0 Å². The molecule has 8 heteroatoms. The van der Waals surface area contributed by atoms with Crippen molar-refractivity contribution >= 4 is 34.2 Å².